The van der Waals surface area contributed by atoms with Gasteiger partial charge in [-0.1, -0.05) is 0 Å². The molecular weight excluding hydrogens is 281 g/mol. The van der Waals surface area contributed by atoms with Gasteiger partial charge in [-0.25, -0.2) is 4.98 Å². The summed E-state index contributed by atoms with van der Waals surface area (Å²) in [7, 11) is 0. The van der Waals surface area contributed by atoms with Crippen LogP contribution >= 0.6 is 0 Å². The van der Waals surface area contributed by atoms with Crippen molar-refractivity contribution in [3.05, 3.63) is 23.9 Å². The van der Waals surface area contributed by atoms with Crippen LogP contribution in [0.4, 0.5) is 13.2 Å². The third-order valence-corrected chi connectivity index (χ3v) is 5.19. The summed E-state index contributed by atoms with van der Waals surface area (Å²) >= 11 is 0. The zero-order chi connectivity index (χ0) is 14.7. The number of nitrogens with zero attached hydrogens (tertiary/aromatic N) is 1. The highest BCUT2D eigenvalue weighted by Gasteiger charge is 2.64. The van der Waals surface area contributed by atoms with Crippen molar-refractivity contribution in [3.8, 4) is 5.88 Å². The fourth-order valence-electron chi connectivity index (χ4n) is 3.56. The topological polar surface area (TPSA) is 34.1 Å². The summed E-state index contributed by atoms with van der Waals surface area (Å²) in [5.41, 5.74) is -0.988. The summed E-state index contributed by atoms with van der Waals surface area (Å²) < 4.78 is 45.2. The predicted octanol–water partition coefficient (Wildman–Crippen LogP) is 2.81. The van der Waals surface area contributed by atoms with Crippen molar-refractivity contribution in [2.45, 2.75) is 43.4 Å². The van der Waals surface area contributed by atoms with Crippen molar-refractivity contribution in [2.24, 2.45) is 5.41 Å². The molecule has 0 aromatic carbocycles. The largest absolute Gasteiger partial charge is 0.474 e. The molecule has 2 saturated carbocycles. The fourth-order valence-corrected chi connectivity index (χ4v) is 3.56. The lowest BCUT2D eigenvalue weighted by Gasteiger charge is -2.53. The molecule has 2 aliphatic carbocycles. The fraction of sp³-hybridized carbons (Fsp3) is 0.667. The summed E-state index contributed by atoms with van der Waals surface area (Å²) in [6, 6.07) is 2.94. The highest BCUT2D eigenvalue weighted by Crippen LogP contribution is 2.59. The molecule has 0 radical (unpaired) electrons. The van der Waals surface area contributed by atoms with Crippen LogP contribution in [0.5, 0.6) is 5.88 Å². The second-order valence-electron chi connectivity index (χ2n) is 6.71. The van der Waals surface area contributed by atoms with Crippen LogP contribution in [0.25, 0.3) is 0 Å². The molecule has 3 fully saturated rings. The molecule has 0 unspecified atom stereocenters. The quantitative estimate of drug-likeness (QED) is 0.932. The smallest absolute Gasteiger partial charge is 0.398 e. The van der Waals surface area contributed by atoms with Gasteiger partial charge in [0.1, 0.15) is 6.10 Å². The van der Waals surface area contributed by atoms with Crippen LogP contribution in [0.2, 0.25) is 0 Å². The number of nitrogens with one attached hydrogen (secondary N) is 1. The summed E-state index contributed by atoms with van der Waals surface area (Å²) in [6.07, 6.45) is -0.404. The molecule has 0 atom stereocenters. The number of pyridine rings is 1. The SMILES string of the molecule is FC(F)(F)C1(c2ccnc(OC3CC4(CNC4)C3)c2)CC1. The van der Waals surface area contributed by atoms with Gasteiger partial charge in [-0.15, -0.1) is 0 Å². The first-order valence-corrected chi connectivity index (χ1v) is 7.33. The Labute approximate surface area is 120 Å². The molecule has 1 saturated heterocycles. The van der Waals surface area contributed by atoms with E-state index in [1.807, 2.05) is 0 Å². The average molecular weight is 298 g/mol. The van der Waals surface area contributed by atoms with Gasteiger partial charge in [-0.2, -0.15) is 13.2 Å². The number of halogens is 3. The summed E-state index contributed by atoms with van der Waals surface area (Å²) in [4.78, 5) is 4.07. The molecule has 0 amide bonds. The van der Waals surface area contributed by atoms with E-state index in [-0.39, 0.29) is 18.9 Å². The maximum absolute atomic E-state index is 13.1. The van der Waals surface area contributed by atoms with Crippen LogP contribution in [-0.4, -0.2) is 30.4 Å². The first-order chi connectivity index (χ1) is 9.93. The van der Waals surface area contributed by atoms with Crippen LogP contribution in [0.1, 0.15) is 31.2 Å². The van der Waals surface area contributed by atoms with Gasteiger partial charge < -0.3 is 10.1 Å². The lowest BCUT2D eigenvalue weighted by Crippen LogP contribution is -2.62. The third kappa shape index (κ3) is 2.03. The van der Waals surface area contributed by atoms with E-state index in [1.54, 1.807) is 0 Å². The molecule has 1 aromatic rings. The number of hydrogen-bond donors (Lipinski definition) is 1. The minimum absolute atomic E-state index is 0.0934. The van der Waals surface area contributed by atoms with Crippen molar-refractivity contribution >= 4 is 0 Å². The molecule has 3 aliphatic rings. The van der Waals surface area contributed by atoms with E-state index in [0.29, 0.717) is 16.9 Å². The van der Waals surface area contributed by atoms with Crippen molar-refractivity contribution in [2.75, 3.05) is 13.1 Å². The molecule has 1 aliphatic heterocycles. The zero-order valence-electron chi connectivity index (χ0n) is 11.5. The average Bonchev–Trinajstić information content (AvgIpc) is 3.11. The second-order valence-corrected chi connectivity index (χ2v) is 6.71. The Kier molecular flexibility index (Phi) is 2.62. The molecule has 1 spiro atoms. The number of hydrogen-bond acceptors (Lipinski definition) is 3. The third-order valence-electron chi connectivity index (χ3n) is 5.19. The van der Waals surface area contributed by atoms with Crippen molar-refractivity contribution in [1.29, 1.82) is 0 Å². The molecule has 114 valence electrons. The minimum Gasteiger partial charge on any atom is -0.474 e. The lowest BCUT2D eigenvalue weighted by molar-refractivity contribution is -0.160. The van der Waals surface area contributed by atoms with E-state index in [9.17, 15) is 13.2 Å². The molecule has 3 nitrogen and oxygen atoms in total. The van der Waals surface area contributed by atoms with Crippen LogP contribution in [-0.2, 0) is 5.41 Å². The zero-order valence-corrected chi connectivity index (χ0v) is 11.5. The summed E-state index contributed by atoms with van der Waals surface area (Å²) in [5, 5.41) is 3.25. The molecule has 1 N–H and O–H groups in total. The van der Waals surface area contributed by atoms with E-state index in [0.717, 1.165) is 25.9 Å². The number of aromatic nitrogens is 1. The van der Waals surface area contributed by atoms with Gasteiger partial charge in [-0.3, -0.25) is 0 Å². The number of alkyl halides is 3. The Morgan fingerprint density at radius 2 is 1.95 bits per heavy atom. The minimum atomic E-state index is -4.19. The maximum Gasteiger partial charge on any atom is 0.398 e. The Morgan fingerprint density at radius 3 is 2.48 bits per heavy atom. The molecule has 0 bridgehead atoms. The highest BCUT2D eigenvalue weighted by molar-refractivity contribution is 5.35. The predicted molar refractivity (Wildman–Crippen MR) is 70.2 cm³/mol. The van der Waals surface area contributed by atoms with Crippen LogP contribution in [0.15, 0.2) is 18.3 Å². The van der Waals surface area contributed by atoms with E-state index in [2.05, 4.69) is 10.3 Å². The molecular formula is C15H17F3N2O. The maximum atomic E-state index is 13.1. The van der Waals surface area contributed by atoms with Crippen LogP contribution in [0.3, 0.4) is 0 Å². The van der Waals surface area contributed by atoms with Gasteiger partial charge >= 0.3 is 6.18 Å². The molecule has 2 heterocycles. The lowest BCUT2D eigenvalue weighted by atomic mass is 9.63. The van der Waals surface area contributed by atoms with Gasteiger partial charge in [-0.05, 0) is 37.3 Å². The van der Waals surface area contributed by atoms with Gasteiger partial charge in [0.15, 0.2) is 0 Å². The van der Waals surface area contributed by atoms with Gasteiger partial charge in [0.2, 0.25) is 5.88 Å². The van der Waals surface area contributed by atoms with Crippen molar-refractivity contribution in [1.82, 2.24) is 10.3 Å². The molecule has 1 aromatic heterocycles. The Bertz CT molecular complexity index is 556. The van der Waals surface area contributed by atoms with Crippen LogP contribution < -0.4 is 10.1 Å². The number of rotatable bonds is 3. The van der Waals surface area contributed by atoms with Crippen molar-refractivity contribution < 1.29 is 17.9 Å². The summed E-state index contributed by atoms with van der Waals surface area (Å²) in [6.45, 7) is 2.05. The first kappa shape index (κ1) is 13.4. The van der Waals surface area contributed by atoms with E-state index >= 15 is 0 Å². The van der Waals surface area contributed by atoms with Crippen molar-refractivity contribution in [3.63, 3.8) is 0 Å². The summed E-state index contributed by atoms with van der Waals surface area (Å²) in [5.74, 6) is 0.329. The normalized spacial score (nSPS) is 26.0. The molecule has 21 heavy (non-hydrogen) atoms. The molecule has 4 rings (SSSR count). The van der Waals surface area contributed by atoms with E-state index in [1.165, 1.54) is 18.3 Å². The monoisotopic (exact) mass is 298 g/mol. The highest BCUT2D eigenvalue weighted by atomic mass is 19.4. The van der Waals surface area contributed by atoms with E-state index < -0.39 is 11.6 Å². The molecule has 6 heteroatoms. The Morgan fingerprint density at radius 1 is 1.24 bits per heavy atom. The van der Waals surface area contributed by atoms with E-state index in [4.69, 9.17) is 4.74 Å². The second kappa shape index (κ2) is 4.12. The van der Waals surface area contributed by atoms with Gasteiger partial charge in [0.05, 0.1) is 5.41 Å². The van der Waals surface area contributed by atoms with Crippen LogP contribution in [0, 0.1) is 5.41 Å². The first-order valence-electron chi connectivity index (χ1n) is 7.33. The standard InChI is InChI=1S/C15H17F3N2O/c16-15(17,18)14(2-3-14)10-1-4-20-12(5-10)21-11-6-13(7-11)8-19-9-13/h1,4-5,11,19H,2-3,6-9H2. The van der Waals surface area contributed by atoms with Gasteiger partial charge in [0, 0.05) is 30.8 Å². The number of ether oxygens (including phenoxy) is 1. The Balaban J connectivity index is 1.47. The van der Waals surface area contributed by atoms with Gasteiger partial charge in [0.25, 0.3) is 0 Å². The Hall–Kier alpha value is -1.30.